The van der Waals surface area contributed by atoms with E-state index in [0.29, 0.717) is 18.0 Å². The van der Waals surface area contributed by atoms with Crippen molar-refractivity contribution in [2.75, 3.05) is 6.61 Å². The minimum atomic E-state index is -0.285. The van der Waals surface area contributed by atoms with E-state index in [9.17, 15) is 4.79 Å². The third-order valence-electron chi connectivity index (χ3n) is 2.23. The molecule has 2 rings (SSSR count). The van der Waals surface area contributed by atoms with E-state index in [0.717, 1.165) is 10.2 Å². The van der Waals surface area contributed by atoms with Gasteiger partial charge in [-0.05, 0) is 12.1 Å². The molecule has 0 bridgehead atoms. The smallest absolute Gasteiger partial charge is 0.302 e. The number of aromatic nitrogens is 1. The number of thiazole rings is 1. The molecule has 1 heterocycles. The molecule has 17 heavy (non-hydrogen) atoms. The van der Waals surface area contributed by atoms with Gasteiger partial charge in [0.1, 0.15) is 6.61 Å². The maximum Gasteiger partial charge on any atom is 0.302 e. The first-order valence-corrected chi connectivity index (χ1v) is 5.76. The van der Waals surface area contributed by atoms with Crippen molar-refractivity contribution in [2.45, 2.75) is 13.5 Å². The van der Waals surface area contributed by atoms with Gasteiger partial charge >= 0.3 is 5.97 Å². The normalized spacial score (nSPS) is 9.94. The largest absolute Gasteiger partial charge is 0.464 e. The Morgan fingerprint density at radius 1 is 1.47 bits per heavy atom. The summed E-state index contributed by atoms with van der Waals surface area (Å²) in [5.41, 5.74) is 1.02. The molecule has 0 fully saturated rings. The highest BCUT2D eigenvalue weighted by Gasteiger charge is 2.04. The molecular weight excluding hydrogens is 304 g/mol. The van der Waals surface area contributed by atoms with Crippen LogP contribution in [0.4, 0.5) is 0 Å². The molecule has 6 heteroatoms. The molecule has 0 spiro atoms. The molecule has 0 radical (unpaired) electrons. The molecule has 1 aromatic heterocycles. The molecule has 2 aromatic rings. The van der Waals surface area contributed by atoms with E-state index in [1.807, 2.05) is 28.8 Å². The molecule has 0 aliphatic heterocycles. The maximum atomic E-state index is 10.6. The number of halogens is 1. The van der Waals surface area contributed by atoms with Gasteiger partial charge in [-0.25, -0.2) is 0 Å². The fraction of sp³-hybridized carbons (Fsp3) is 0.273. The summed E-state index contributed by atoms with van der Waals surface area (Å²) in [6.07, 6.45) is 0. The predicted octanol–water partition coefficient (Wildman–Crippen LogP) is 2.32. The molecule has 0 saturated heterocycles. The van der Waals surface area contributed by atoms with Crippen LogP contribution in [-0.2, 0) is 16.1 Å². The average molecular weight is 317 g/mol. The number of nitrogens with one attached hydrogen (secondary N) is 1. The van der Waals surface area contributed by atoms with Crippen LogP contribution in [0.25, 0.3) is 10.2 Å². The molecule has 1 N–H and O–H groups in total. The zero-order chi connectivity index (χ0) is 11.5. The van der Waals surface area contributed by atoms with E-state index in [1.54, 1.807) is 0 Å². The number of carbonyl (C=O) groups is 1. The van der Waals surface area contributed by atoms with Crippen LogP contribution in [0.1, 0.15) is 6.92 Å². The molecule has 0 saturated carbocycles. The molecule has 92 valence electrons. The van der Waals surface area contributed by atoms with Gasteiger partial charge in [0, 0.05) is 6.92 Å². The van der Waals surface area contributed by atoms with Gasteiger partial charge in [0.15, 0.2) is 4.80 Å². The van der Waals surface area contributed by atoms with Crippen molar-refractivity contribution in [3.63, 3.8) is 0 Å². The summed E-state index contributed by atoms with van der Waals surface area (Å²) in [6.45, 7) is 2.23. The van der Waals surface area contributed by atoms with Gasteiger partial charge in [-0.1, -0.05) is 23.5 Å². The van der Waals surface area contributed by atoms with Gasteiger partial charge in [0.25, 0.3) is 0 Å². The molecule has 4 nitrogen and oxygen atoms in total. The van der Waals surface area contributed by atoms with Gasteiger partial charge in [-0.2, -0.15) is 0 Å². The van der Waals surface area contributed by atoms with Crippen LogP contribution in [-0.4, -0.2) is 17.1 Å². The molecule has 0 amide bonds. The Hall–Kier alpha value is -1.14. The Balaban J connectivity index is 0.00000144. The van der Waals surface area contributed by atoms with Gasteiger partial charge in [0.05, 0.1) is 16.8 Å². The molecule has 0 aliphatic carbocycles. The molecule has 0 atom stereocenters. The number of rotatable bonds is 3. The summed E-state index contributed by atoms with van der Waals surface area (Å²) in [7, 11) is 0. The van der Waals surface area contributed by atoms with Crippen molar-refractivity contribution >= 4 is 44.5 Å². The Bertz CT molecular complexity index is 576. The summed E-state index contributed by atoms with van der Waals surface area (Å²) in [5, 5.41) is 7.83. The number of hydrogen-bond acceptors (Lipinski definition) is 4. The van der Waals surface area contributed by atoms with Crippen LogP contribution >= 0.6 is 28.3 Å². The van der Waals surface area contributed by atoms with Crippen LogP contribution in [0.2, 0.25) is 0 Å². The zero-order valence-electron chi connectivity index (χ0n) is 9.30. The van der Waals surface area contributed by atoms with Crippen molar-refractivity contribution in [3.05, 3.63) is 29.1 Å². The van der Waals surface area contributed by atoms with E-state index < -0.39 is 0 Å². The number of fused-ring (bicyclic) bond motifs is 1. The van der Waals surface area contributed by atoms with Crippen molar-refractivity contribution < 1.29 is 9.53 Å². The maximum absolute atomic E-state index is 10.6. The second-order valence-corrected chi connectivity index (χ2v) is 4.40. The summed E-state index contributed by atoms with van der Waals surface area (Å²) < 4.78 is 7.81. The van der Waals surface area contributed by atoms with Crippen LogP contribution in [0.5, 0.6) is 0 Å². The van der Waals surface area contributed by atoms with Gasteiger partial charge in [0.2, 0.25) is 0 Å². The summed E-state index contributed by atoms with van der Waals surface area (Å²) in [4.78, 5) is 11.1. The highest BCUT2D eigenvalue weighted by Crippen LogP contribution is 2.15. The van der Waals surface area contributed by atoms with E-state index in [2.05, 4.69) is 0 Å². The number of nitrogens with zero attached hydrogens (tertiary/aromatic N) is 1. The quantitative estimate of drug-likeness (QED) is 0.883. The second kappa shape index (κ2) is 5.97. The summed E-state index contributed by atoms with van der Waals surface area (Å²) >= 11 is 1.43. The van der Waals surface area contributed by atoms with Crippen molar-refractivity contribution in [1.29, 1.82) is 5.41 Å². The number of ether oxygens (including phenoxy) is 1. The lowest BCUT2D eigenvalue weighted by molar-refractivity contribution is -0.141. The van der Waals surface area contributed by atoms with Gasteiger partial charge < -0.3 is 9.30 Å². The van der Waals surface area contributed by atoms with E-state index in [1.165, 1.54) is 18.3 Å². The first-order chi connectivity index (χ1) is 7.68. The lowest BCUT2D eigenvalue weighted by Crippen LogP contribution is -2.17. The Labute approximate surface area is 113 Å². The van der Waals surface area contributed by atoms with Crippen LogP contribution in [0, 0.1) is 5.41 Å². The predicted molar refractivity (Wildman–Crippen MR) is 72.6 cm³/mol. The van der Waals surface area contributed by atoms with Crippen LogP contribution < -0.4 is 4.80 Å². The highest BCUT2D eigenvalue weighted by atomic mass is 79.9. The zero-order valence-corrected chi connectivity index (χ0v) is 11.8. The Kier molecular flexibility index (Phi) is 4.89. The highest BCUT2D eigenvalue weighted by molar-refractivity contribution is 8.93. The Morgan fingerprint density at radius 3 is 2.88 bits per heavy atom. The minimum Gasteiger partial charge on any atom is -0.464 e. The number of esters is 1. The number of para-hydroxylation sites is 1. The van der Waals surface area contributed by atoms with E-state index >= 15 is 0 Å². The topological polar surface area (TPSA) is 55.1 Å². The minimum absolute atomic E-state index is 0. The molecule has 0 unspecified atom stereocenters. The monoisotopic (exact) mass is 316 g/mol. The van der Waals surface area contributed by atoms with Gasteiger partial charge in [-0.3, -0.25) is 10.2 Å². The van der Waals surface area contributed by atoms with Crippen molar-refractivity contribution in [1.82, 2.24) is 4.57 Å². The molecule has 0 aliphatic rings. The number of hydrogen-bond donors (Lipinski definition) is 1. The average Bonchev–Trinajstić information content (AvgIpc) is 2.55. The molecule has 1 aromatic carbocycles. The standard InChI is InChI=1S/C11H12N2O2S.BrH/c1-8(14)15-7-6-13-9-4-2-3-5-10(9)16-11(13)12;/h2-5,12H,6-7H2,1H3;1H. The summed E-state index contributed by atoms with van der Waals surface area (Å²) in [6, 6.07) is 7.85. The second-order valence-electron chi connectivity index (χ2n) is 3.37. The SMILES string of the molecule is Br.CC(=O)OCCn1c(=N)sc2ccccc21. The van der Waals surface area contributed by atoms with Crippen LogP contribution in [0.15, 0.2) is 24.3 Å². The lowest BCUT2D eigenvalue weighted by Gasteiger charge is -2.04. The third-order valence-corrected chi connectivity index (χ3v) is 3.21. The fourth-order valence-corrected chi connectivity index (χ4v) is 2.48. The first kappa shape index (κ1) is 13.9. The summed E-state index contributed by atoms with van der Waals surface area (Å²) in [5.74, 6) is -0.285. The van der Waals surface area contributed by atoms with Crippen molar-refractivity contribution in [3.8, 4) is 0 Å². The fourth-order valence-electron chi connectivity index (χ4n) is 1.54. The van der Waals surface area contributed by atoms with Gasteiger partial charge in [-0.15, -0.1) is 17.0 Å². The number of carbonyl (C=O) groups excluding carboxylic acids is 1. The Morgan fingerprint density at radius 2 is 2.18 bits per heavy atom. The number of benzene rings is 1. The lowest BCUT2D eigenvalue weighted by atomic mass is 10.3. The van der Waals surface area contributed by atoms with Crippen molar-refractivity contribution in [2.24, 2.45) is 0 Å². The van der Waals surface area contributed by atoms with Crippen LogP contribution in [0.3, 0.4) is 0 Å². The molecular formula is C11H13BrN2O2S. The first-order valence-electron chi connectivity index (χ1n) is 4.95. The third kappa shape index (κ3) is 3.17. The van der Waals surface area contributed by atoms with E-state index in [-0.39, 0.29) is 23.0 Å². The van der Waals surface area contributed by atoms with E-state index in [4.69, 9.17) is 10.1 Å².